The average molecular weight is 508 g/mol. The van der Waals surface area contributed by atoms with Gasteiger partial charge in [0, 0.05) is 35.4 Å². The molecule has 0 aliphatic carbocycles. The molecule has 0 aliphatic heterocycles. The van der Waals surface area contributed by atoms with Crippen LogP contribution in [0.1, 0.15) is 5.56 Å². The normalized spacial score (nSPS) is 11.2. The van der Waals surface area contributed by atoms with Gasteiger partial charge in [0.25, 0.3) is 0 Å². The number of imidazole rings is 1. The molecular weight excluding hydrogens is 486 g/mol. The van der Waals surface area contributed by atoms with Crippen molar-refractivity contribution in [3.63, 3.8) is 0 Å². The predicted molar refractivity (Wildman–Crippen MR) is 152 cm³/mol. The van der Waals surface area contributed by atoms with Gasteiger partial charge in [0.05, 0.1) is 40.5 Å². The van der Waals surface area contributed by atoms with E-state index in [0.29, 0.717) is 17.0 Å². The van der Waals surface area contributed by atoms with Gasteiger partial charge in [-0.15, -0.1) is 0 Å². The Morgan fingerprint density at radius 3 is 2.51 bits per heavy atom. The lowest BCUT2D eigenvalue weighted by Crippen LogP contribution is -1.98. The third-order valence-electron chi connectivity index (χ3n) is 6.42. The SMILES string of the molecule is C=C(Nc1cncc(-c2ccc3[nH]nc(-c4nc5c(-c6ccccn6)cncc5[nH]4)c3n2)c1)c1ccccc1. The fraction of sp³-hybridized carbons (Fsp3) is 0. The molecule has 186 valence electrons. The third kappa shape index (κ3) is 4.17. The summed E-state index contributed by atoms with van der Waals surface area (Å²) < 4.78 is 0. The molecule has 3 N–H and O–H groups in total. The van der Waals surface area contributed by atoms with Crippen molar-refractivity contribution in [2.75, 3.05) is 5.32 Å². The Balaban J connectivity index is 1.25. The van der Waals surface area contributed by atoms with E-state index < -0.39 is 0 Å². The van der Waals surface area contributed by atoms with E-state index in [9.17, 15) is 0 Å². The molecule has 7 aromatic rings. The first-order valence-corrected chi connectivity index (χ1v) is 12.3. The molecule has 6 heterocycles. The second kappa shape index (κ2) is 9.31. The van der Waals surface area contributed by atoms with Crippen LogP contribution in [0.15, 0.2) is 104 Å². The Bertz CT molecular complexity index is 1960. The van der Waals surface area contributed by atoms with Gasteiger partial charge in [-0.05, 0) is 35.9 Å². The molecule has 7 rings (SSSR count). The van der Waals surface area contributed by atoms with Crippen LogP contribution in [0.2, 0.25) is 0 Å². The first kappa shape index (κ1) is 22.5. The van der Waals surface area contributed by atoms with E-state index in [-0.39, 0.29) is 0 Å². The molecule has 0 atom stereocenters. The number of pyridine rings is 4. The highest BCUT2D eigenvalue weighted by Crippen LogP contribution is 2.31. The second-order valence-electron chi connectivity index (χ2n) is 8.98. The minimum Gasteiger partial charge on any atom is -0.354 e. The summed E-state index contributed by atoms with van der Waals surface area (Å²) in [4.78, 5) is 26.4. The minimum absolute atomic E-state index is 0.596. The number of hydrogen-bond acceptors (Lipinski definition) is 7. The Kier molecular flexibility index (Phi) is 5.37. The summed E-state index contributed by atoms with van der Waals surface area (Å²) in [6.07, 6.45) is 8.83. The van der Waals surface area contributed by atoms with E-state index >= 15 is 0 Å². The van der Waals surface area contributed by atoms with E-state index in [1.807, 2.05) is 66.7 Å². The van der Waals surface area contributed by atoms with Crippen molar-refractivity contribution in [3.05, 3.63) is 110 Å². The lowest BCUT2D eigenvalue weighted by Gasteiger charge is -2.10. The monoisotopic (exact) mass is 507 g/mol. The molecule has 9 nitrogen and oxygen atoms in total. The van der Waals surface area contributed by atoms with Crippen LogP contribution in [0.4, 0.5) is 5.69 Å². The third-order valence-corrected chi connectivity index (χ3v) is 6.42. The van der Waals surface area contributed by atoms with Crippen LogP contribution in [-0.2, 0) is 0 Å². The van der Waals surface area contributed by atoms with Gasteiger partial charge in [0.2, 0.25) is 0 Å². The fourth-order valence-corrected chi connectivity index (χ4v) is 4.51. The van der Waals surface area contributed by atoms with Gasteiger partial charge in [-0.1, -0.05) is 43.0 Å². The van der Waals surface area contributed by atoms with Crippen LogP contribution in [0.25, 0.3) is 61.8 Å². The van der Waals surface area contributed by atoms with Crippen molar-refractivity contribution < 1.29 is 0 Å². The highest BCUT2D eigenvalue weighted by molar-refractivity contribution is 5.95. The summed E-state index contributed by atoms with van der Waals surface area (Å²) in [5, 5.41) is 10.9. The quantitative estimate of drug-likeness (QED) is 0.249. The Morgan fingerprint density at radius 1 is 0.769 bits per heavy atom. The number of benzene rings is 1. The van der Waals surface area contributed by atoms with Gasteiger partial charge in [0.15, 0.2) is 11.5 Å². The maximum Gasteiger partial charge on any atom is 0.161 e. The number of H-pyrrole nitrogens is 2. The van der Waals surface area contributed by atoms with E-state index in [2.05, 4.69) is 42.0 Å². The molecule has 0 amide bonds. The topological polar surface area (TPSA) is 121 Å². The molecule has 0 radical (unpaired) electrons. The number of nitrogens with one attached hydrogen (secondary N) is 3. The first-order chi connectivity index (χ1) is 19.2. The van der Waals surface area contributed by atoms with E-state index in [1.165, 1.54) is 0 Å². The van der Waals surface area contributed by atoms with Crippen molar-refractivity contribution in [2.45, 2.75) is 0 Å². The summed E-state index contributed by atoms with van der Waals surface area (Å²) in [5.74, 6) is 0.596. The van der Waals surface area contributed by atoms with Crippen LogP contribution in [0, 0.1) is 0 Å². The highest BCUT2D eigenvalue weighted by atomic mass is 15.2. The Hall–Kier alpha value is -5.70. The van der Waals surface area contributed by atoms with E-state index in [0.717, 1.165) is 56.0 Å². The standard InChI is InChI=1S/C30H21N9/c1-18(19-7-3-2-4-8-19)34-21-13-20(14-31-15-21)23-10-11-25-28(35-23)29(39-38-25)30-36-26-17-32-16-22(27(26)37-30)24-9-5-6-12-33-24/h2-17,34H,1H2,(H,36,37)(H,38,39). The van der Waals surface area contributed by atoms with Crippen molar-refractivity contribution in [2.24, 2.45) is 0 Å². The summed E-state index contributed by atoms with van der Waals surface area (Å²) in [7, 11) is 0. The molecule has 39 heavy (non-hydrogen) atoms. The lowest BCUT2D eigenvalue weighted by molar-refractivity contribution is 1.10. The second-order valence-corrected chi connectivity index (χ2v) is 8.98. The predicted octanol–water partition coefficient (Wildman–Crippen LogP) is 6.10. The van der Waals surface area contributed by atoms with Crippen LogP contribution in [0.3, 0.4) is 0 Å². The van der Waals surface area contributed by atoms with Crippen molar-refractivity contribution in [1.82, 2.24) is 40.1 Å². The molecular formula is C30H21N9. The van der Waals surface area contributed by atoms with Crippen LogP contribution < -0.4 is 5.32 Å². The van der Waals surface area contributed by atoms with E-state index in [4.69, 9.17) is 9.97 Å². The minimum atomic E-state index is 0.596. The zero-order valence-electron chi connectivity index (χ0n) is 20.6. The van der Waals surface area contributed by atoms with Crippen LogP contribution >= 0.6 is 0 Å². The number of nitrogens with zero attached hydrogens (tertiary/aromatic N) is 6. The molecule has 1 aromatic carbocycles. The zero-order chi connectivity index (χ0) is 26.2. The fourth-order valence-electron chi connectivity index (χ4n) is 4.51. The molecule has 0 aliphatic rings. The van der Waals surface area contributed by atoms with Gasteiger partial charge >= 0.3 is 0 Å². The number of rotatable bonds is 6. The number of hydrogen-bond donors (Lipinski definition) is 3. The molecule has 9 heteroatoms. The molecule has 0 spiro atoms. The molecule has 0 unspecified atom stereocenters. The smallest absolute Gasteiger partial charge is 0.161 e. The zero-order valence-corrected chi connectivity index (χ0v) is 20.6. The van der Waals surface area contributed by atoms with Crippen LogP contribution in [0.5, 0.6) is 0 Å². The number of anilines is 1. The lowest BCUT2D eigenvalue weighted by atomic mass is 10.1. The average Bonchev–Trinajstić information content (AvgIpc) is 3.62. The number of aromatic amines is 2. The largest absolute Gasteiger partial charge is 0.354 e. The maximum absolute atomic E-state index is 4.94. The van der Waals surface area contributed by atoms with Gasteiger partial charge < -0.3 is 10.3 Å². The van der Waals surface area contributed by atoms with E-state index in [1.54, 1.807) is 31.0 Å². The van der Waals surface area contributed by atoms with Crippen LogP contribution in [-0.4, -0.2) is 40.1 Å². The van der Waals surface area contributed by atoms with Crippen molar-refractivity contribution in [3.8, 4) is 34.0 Å². The molecule has 0 bridgehead atoms. The summed E-state index contributed by atoms with van der Waals surface area (Å²) in [6, 6.07) is 21.6. The van der Waals surface area contributed by atoms with Crippen molar-refractivity contribution >= 4 is 33.5 Å². The maximum atomic E-state index is 4.94. The molecule has 0 saturated carbocycles. The van der Waals surface area contributed by atoms with Crippen molar-refractivity contribution in [1.29, 1.82) is 0 Å². The first-order valence-electron chi connectivity index (χ1n) is 12.3. The molecule has 0 fully saturated rings. The summed E-state index contributed by atoms with van der Waals surface area (Å²) >= 11 is 0. The molecule has 6 aromatic heterocycles. The highest BCUT2D eigenvalue weighted by Gasteiger charge is 2.17. The summed E-state index contributed by atoms with van der Waals surface area (Å²) in [5.41, 5.74) is 9.58. The van der Waals surface area contributed by atoms with Gasteiger partial charge in [0.1, 0.15) is 11.0 Å². The number of aromatic nitrogens is 8. The Morgan fingerprint density at radius 2 is 1.64 bits per heavy atom. The Labute approximate surface area is 222 Å². The van der Waals surface area contributed by atoms with Gasteiger partial charge in [-0.25, -0.2) is 9.97 Å². The van der Waals surface area contributed by atoms with Gasteiger partial charge in [-0.2, -0.15) is 5.10 Å². The van der Waals surface area contributed by atoms with Gasteiger partial charge in [-0.3, -0.25) is 20.1 Å². The molecule has 0 saturated heterocycles. The number of fused-ring (bicyclic) bond motifs is 2. The summed E-state index contributed by atoms with van der Waals surface area (Å²) in [6.45, 7) is 4.16.